The van der Waals surface area contributed by atoms with Crippen molar-refractivity contribution < 1.29 is 28.6 Å². The van der Waals surface area contributed by atoms with Gasteiger partial charge in [-0.25, -0.2) is 0 Å². The van der Waals surface area contributed by atoms with Crippen molar-refractivity contribution >= 4 is 17.9 Å². The molecule has 0 aliphatic rings. The Labute approximate surface area is 503 Å². The highest BCUT2D eigenvalue weighted by atomic mass is 16.6. The van der Waals surface area contributed by atoms with Crippen molar-refractivity contribution in [1.29, 1.82) is 0 Å². The van der Waals surface area contributed by atoms with Crippen molar-refractivity contribution in [1.82, 2.24) is 0 Å². The van der Waals surface area contributed by atoms with Gasteiger partial charge >= 0.3 is 17.9 Å². The van der Waals surface area contributed by atoms with Crippen molar-refractivity contribution in [2.45, 2.75) is 374 Å². The van der Waals surface area contributed by atoms with Gasteiger partial charge in [-0.15, -0.1) is 0 Å². The Kier molecular flexibility index (Phi) is 66.6. The molecule has 0 N–H and O–H groups in total. The average molecular weight is 1130 g/mol. The zero-order chi connectivity index (χ0) is 58.5. The fourth-order valence-corrected chi connectivity index (χ4v) is 10.3. The first-order valence-electron chi connectivity index (χ1n) is 35.4. The molecule has 1 unspecified atom stereocenters. The molecule has 0 aliphatic carbocycles. The first-order chi connectivity index (χ1) is 40.0. The molecule has 1 atom stereocenters. The predicted octanol–water partition coefficient (Wildman–Crippen LogP) is 24.4. The van der Waals surface area contributed by atoms with E-state index in [4.69, 9.17) is 14.2 Å². The number of allylic oxidation sites excluding steroid dienone is 12. The molecule has 0 heterocycles. The molecule has 0 saturated heterocycles. The van der Waals surface area contributed by atoms with Crippen LogP contribution in [0.15, 0.2) is 72.9 Å². The molecule has 0 rings (SSSR count). The molecular formula is C75H134O6. The smallest absolute Gasteiger partial charge is 0.306 e. The second kappa shape index (κ2) is 69.3. The second-order valence-corrected chi connectivity index (χ2v) is 23.8. The van der Waals surface area contributed by atoms with E-state index in [1.807, 2.05) is 0 Å². The molecule has 81 heavy (non-hydrogen) atoms. The van der Waals surface area contributed by atoms with Crippen LogP contribution in [0.3, 0.4) is 0 Å². The molecule has 0 aliphatic heterocycles. The summed E-state index contributed by atoms with van der Waals surface area (Å²) in [5.41, 5.74) is 0. The van der Waals surface area contributed by atoms with Gasteiger partial charge in [0.15, 0.2) is 6.10 Å². The van der Waals surface area contributed by atoms with E-state index < -0.39 is 6.10 Å². The zero-order valence-electron chi connectivity index (χ0n) is 54.1. The summed E-state index contributed by atoms with van der Waals surface area (Å²) in [5, 5.41) is 0. The van der Waals surface area contributed by atoms with Gasteiger partial charge in [0.25, 0.3) is 0 Å². The minimum atomic E-state index is -0.787. The average Bonchev–Trinajstić information content (AvgIpc) is 3.47. The number of carbonyl (C=O) groups is 3. The summed E-state index contributed by atoms with van der Waals surface area (Å²) in [5.74, 6) is -0.884. The van der Waals surface area contributed by atoms with E-state index in [0.29, 0.717) is 19.3 Å². The number of hydrogen-bond acceptors (Lipinski definition) is 6. The summed E-state index contributed by atoms with van der Waals surface area (Å²) in [6.45, 7) is 6.64. The fourth-order valence-electron chi connectivity index (χ4n) is 10.3. The Hall–Kier alpha value is -3.15. The van der Waals surface area contributed by atoms with Gasteiger partial charge in [-0.2, -0.15) is 0 Å². The van der Waals surface area contributed by atoms with Crippen LogP contribution >= 0.6 is 0 Å². The van der Waals surface area contributed by atoms with Gasteiger partial charge in [0, 0.05) is 19.3 Å². The van der Waals surface area contributed by atoms with Crippen LogP contribution in [0.25, 0.3) is 0 Å². The van der Waals surface area contributed by atoms with Crippen molar-refractivity contribution in [2.75, 3.05) is 13.2 Å². The maximum atomic E-state index is 12.9. The molecule has 470 valence electrons. The molecule has 0 aromatic heterocycles. The highest BCUT2D eigenvalue weighted by Crippen LogP contribution is 2.17. The number of hydrogen-bond donors (Lipinski definition) is 0. The van der Waals surface area contributed by atoms with Crippen molar-refractivity contribution in [3.8, 4) is 0 Å². The molecule has 0 radical (unpaired) electrons. The molecule has 0 fully saturated rings. The van der Waals surface area contributed by atoms with Gasteiger partial charge in [0.2, 0.25) is 0 Å². The van der Waals surface area contributed by atoms with E-state index in [9.17, 15) is 14.4 Å². The lowest BCUT2D eigenvalue weighted by atomic mass is 10.0. The van der Waals surface area contributed by atoms with Crippen LogP contribution in [-0.4, -0.2) is 37.2 Å². The topological polar surface area (TPSA) is 78.9 Å². The summed E-state index contributed by atoms with van der Waals surface area (Å²) in [6, 6.07) is 0. The third-order valence-electron chi connectivity index (χ3n) is 15.7. The zero-order valence-corrected chi connectivity index (χ0v) is 54.1. The van der Waals surface area contributed by atoms with Crippen LogP contribution in [0.1, 0.15) is 367 Å². The Bertz CT molecular complexity index is 1490. The van der Waals surface area contributed by atoms with Gasteiger partial charge in [-0.3, -0.25) is 14.4 Å². The fraction of sp³-hybridized carbons (Fsp3) is 0.800. The third kappa shape index (κ3) is 67.5. The second-order valence-electron chi connectivity index (χ2n) is 23.8. The molecule has 0 aromatic rings. The Morgan fingerprint density at radius 2 is 0.444 bits per heavy atom. The van der Waals surface area contributed by atoms with E-state index in [1.165, 1.54) is 225 Å². The van der Waals surface area contributed by atoms with Crippen molar-refractivity contribution in [3.05, 3.63) is 72.9 Å². The van der Waals surface area contributed by atoms with Gasteiger partial charge in [0.05, 0.1) is 0 Å². The quantitative estimate of drug-likeness (QED) is 0.0261. The molecular weight excluding hydrogens is 997 g/mol. The number of rotatable bonds is 65. The largest absolute Gasteiger partial charge is 0.462 e. The molecule has 0 spiro atoms. The van der Waals surface area contributed by atoms with Gasteiger partial charge in [-0.05, 0) is 116 Å². The summed E-state index contributed by atoms with van der Waals surface area (Å²) in [4.78, 5) is 38.4. The number of ether oxygens (including phenoxy) is 3. The highest BCUT2D eigenvalue weighted by Gasteiger charge is 2.19. The maximum absolute atomic E-state index is 12.9. The number of carbonyl (C=O) groups excluding carboxylic acids is 3. The molecule has 0 bridgehead atoms. The Morgan fingerprint density at radius 1 is 0.247 bits per heavy atom. The molecule has 0 amide bonds. The van der Waals surface area contributed by atoms with E-state index in [1.54, 1.807) is 0 Å². The number of unbranched alkanes of at least 4 members (excludes halogenated alkanes) is 42. The lowest BCUT2D eigenvalue weighted by molar-refractivity contribution is -0.167. The van der Waals surface area contributed by atoms with E-state index in [2.05, 4.69) is 93.7 Å². The third-order valence-corrected chi connectivity index (χ3v) is 15.7. The van der Waals surface area contributed by atoms with Gasteiger partial charge < -0.3 is 14.2 Å². The number of esters is 3. The summed E-state index contributed by atoms with van der Waals surface area (Å²) < 4.78 is 17.0. The predicted molar refractivity (Wildman–Crippen MR) is 353 cm³/mol. The standard InChI is InChI=1S/C75H134O6/c1-4-7-10-13-16-19-22-25-28-31-32-33-34-35-36-37-38-39-40-41-42-43-44-45-48-50-53-56-59-62-65-68-74(77)80-71-72(81-75(78)69-66-63-60-57-54-51-47-30-27-24-21-18-15-12-9-6-3)70-79-73(76)67-64-61-58-55-52-49-46-29-26-23-20-17-14-11-8-5-2/h21-22,24-25,29-32,34-35,46-47,72H,4-20,23,26-28,33,36-45,48-71H2,1-3H3/b24-21-,25-22-,32-31-,35-34-,46-29-,47-30-. The van der Waals surface area contributed by atoms with Crippen molar-refractivity contribution in [2.24, 2.45) is 0 Å². The Balaban J connectivity index is 4.23. The van der Waals surface area contributed by atoms with Crippen LogP contribution < -0.4 is 0 Å². The van der Waals surface area contributed by atoms with Crippen LogP contribution in [0.5, 0.6) is 0 Å². The first kappa shape index (κ1) is 77.9. The maximum Gasteiger partial charge on any atom is 0.306 e. The minimum absolute atomic E-state index is 0.0809. The first-order valence-corrected chi connectivity index (χ1v) is 35.4. The van der Waals surface area contributed by atoms with Gasteiger partial charge in [0.1, 0.15) is 13.2 Å². The molecule has 0 saturated carbocycles. The monoisotopic (exact) mass is 1130 g/mol. The van der Waals surface area contributed by atoms with E-state index >= 15 is 0 Å². The van der Waals surface area contributed by atoms with Crippen LogP contribution in [0.4, 0.5) is 0 Å². The SMILES string of the molecule is CCCCCC/C=C\C/C=C\CCCCCCCC(=O)OC(COC(=O)CCCCCCC/C=C\CCCCCCCCC)COC(=O)CCCCCCCCCCCCCCCCCC/C=C\C/C=C\C/C=C\CCCCCCC. The van der Waals surface area contributed by atoms with Crippen LogP contribution in [0.2, 0.25) is 0 Å². The van der Waals surface area contributed by atoms with Gasteiger partial charge in [-0.1, -0.05) is 306 Å². The molecule has 6 heteroatoms. The van der Waals surface area contributed by atoms with E-state index in [0.717, 1.165) is 103 Å². The highest BCUT2D eigenvalue weighted by molar-refractivity contribution is 5.71. The van der Waals surface area contributed by atoms with Crippen LogP contribution in [0, 0.1) is 0 Å². The van der Waals surface area contributed by atoms with Crippen LogP contribution in [-0.2, 0) is 28.6 Å². The normalized spacial score (nSPS) is 12.5. The van der Waals surface area contributed by atoms with Crippen molar-refractivity contribution in [3.63, 3.8) is 0 Å². The molecule has 0 aromatic carbocycles. The summed E-state index contributed by atoms with van der Waals surface area (Å²) in [7, 11) is 0. The lowest BCUT2D eigenvalue weighted by Crippen LogP contribution is -2.30. The minimum Gasteiger partial charge on any atom is -0.462 e. The summed E-state index contributed by atoms with van der Waals surface area (Å²) in [6.07, 6.45) is 90.7. The lowest BCUT2D eigenvalue weighted by Gasteiger charge is -2.18. The Morgan fingerprint density at radius 3 is 0.716 bits per heavy atom. The van der Waals surface area contributed by atoms with E-state index in [-0.39, 0.29) is 31.1 Å². The molecule has 6 nitrogen and oxygen atoms in total. The summed E-state index contributed by atoms with van der Waals surface area (Å²) >= 11 is 0.